The van der Waals surface area contributed by atoms with E-state index >= 15 is 0 Å². The lowest BCUT2D eigenvalue weighted by Crippen LogP contribution is -2.37. The molecule has 1 amide bonds. The number of carbonyl (C=O) groups excluding carboxylic acids is 1. The third-order valence-corrected chi connectivity index (χ3v) is 5.07. The van der Waals surface area contributed by atoms with E-state index in [0.717, 1.165) is 5.76 Å². The minimum atomic E-state index is -2.94. The number of sulfone groups is 1. The van der Waals surface area contributed by atoms with E-state index in [-0.39, 0.29) is 23.5 Å². The summed E-state index contributed by atoms with van der Waals surface area (Å²) in [5.74, 6) is 1.02. The van der Waals surface area contributed by atoms with Gasteiger partial charge in [-0.25, -0.2) is 8.42 Å². The topological polar surface area (TPSA) is 67.6 Å². The van der Waals surface area contributed by atoms with Crippen molar-refractivity contribution in [2.75, 3.05) is 18.6 Å². The van der Waals surface area contributed by atoms with Gasteiger partial charge in [-0.05, 0) is 18.6 Å². The normalized spacial score (nSPS) is 21.9. The first-order valence-corrected chi connectivity index (χ1v) is 7.78. The van der Waals surface area contributed by atoms with E-state index in [0.29, 0.717) is 19.3 Å². The molecule has 0 N–H and O–H groups in total. The Morgan fingerprint density at radius 3 is 2.89 bits per heavy atom. The number of carbonyl (C=O) groups is 1. The molecule has 100 valence electrons. The Morgan fingerprint density at radius 2 is 2.33 bits per heavy atom. The number of rotatable bonds is 4. The van der Waals surface area contributed by atoms with E-state index in [9.17, 15) is 13.2 Å². The Bertz CT molecular complexity index is 506. The highest BCUT2D eigenvalue weighted by Crippen LogP contribution is 2.17. The third kappa shape index (κ3) is 3.13. The molecule has 0 radical (unpaired) electrons. The van der Waals surface area contributed by atoms with Gasteiger partial charge in [-0.1, -0.05) is 0 Å². The average molecular weight is 271 g/mol. The second-order valence-corrected chi connectivity index (χ2v) is 6.87. The van der Waals surface area contributed by atoms with Gasteiger partial charge in [0.05, 0.1) is 17.8 Å². The van der Waals surface area contributed by atoms with E-state index < -0.39 is 9.84 Å². The first-order chi connectivity index (χ1) is 8.48. The maximum atomic E-state index is 11.9. The van der Waals surface area contributed by atoms with Crippen molar-refractivity contribution in [3.8, 4) is 0 Å². The monoisotopic (exact) mass is 271 g/mol. The van der Waals surface area contributed by atoms with Crippen LogP contribution in [0, 0.1) is 0 Å². The number of furan rings is 1. The van der Waals surface area contributed by atoms with E-state index in [1.807, 2.05) is 6.07 Å². The van der Waals surface area contributed by atoms with Gasteiger partial charge in [-0.3, -0.25) is 4.79 Å². The van der Waals surface area contributed by atoms with Gasteiger partial charge in [0.2, 0.25) is 5.91 Å². The van der Waals surface area contributed by atoms with E-state index in [1.165, 1.54) is 0 Å². The maximum Gasteiger partial charge on any atom is 0.223 e. The van der Waals surface area contributed by atoms with Gasteiger partial charge in [-0.2, -0.15) is 0 Å². The van der Waals surface area contributed by atoms with Crippen LogP contribution in [0.25, 0.3) is 0 Å². The summed E-state index contributed by atoms with van der Waals surface area (Å²) >= 11 is 0. The van der Waals surface area contributed by atoms with Crippen molar-refractivity contribution in [2.24, 2.45) is 0 Å². The first-order valence-electron chi connectivity index (χ1n) is 5.96. The van der Waals surface area contributed by atoms with Gasteiger partial charge >= 0.3 is 0 Å². The van der Waals surface area contributed by atoms with Gasteiger partial charge < -0.3 is 9.32 Å². The van der Waals surface area contributed by atoms with Crippen LogP contribution in [0.3, 0.4) is 0 Å². The van der Waals surface area contributed by atoms with Gasteiger partial charge in [0, 0.05) is 25.9 Å². The molecule has 0 saturated carbocycles. The van der Waals surface area contributed by atoms with Gasteiger partial charge in [0.25, 0.3) is 0 Å². The van der Waals surface area contributed by atoms with Crippen LogP contribution in [0.2, 0.25) is 0 Å². The molecule has 1 aromatic heterocycles. The molecule has 1 aliphatic heterocycles. The maximum absolute atomic E-state index is 11.9. The molecular formula is C12H17NO4S. The molecule has 0 aliphatic carbocycles. The fraction of sp³-hybridized carbons (Fsp3) is 0.583. The van der Waals surface area contributed by atoms with Crippen LogP contribution in [0.5, 0.6) is 0 Å². The quantitative estimate of drug-likeness (QED) is 0.814. The summed E-state index contributed by atoms with van der Waals surface area (Å²) in [6.07, 6.45) is 3.02. The Kier molecular flexibility index (Phi) is 3.75. The van der Waals surface area contributed by atoms with E-state index in [1.54, 1.807) is 24.3 Å². The average Bonchev–Trinajstić information content (AvgIpc) is 2.94. The molecule has 1 aromatic rings. The number of amides is 1. The third-order valence-electron chi connectivity index (χ3n) is 3.31. The molecule has 1 unspecified atom stereocenters. The van der Waals surface area contributed by atoms with Crippen LogP contribution in [0.1, 0.15) is 18.6 Å². The van der Waals surface area contributed by atoms with E-state index in [4.69, 9.17) is 4.42 Å². The van der Waals surface area contributed by atoms with Crippen LogP contribution < -0.4 is 0 Å². The minimum Gasteiger partial charge on any atom is -0.469 e. The van der Waals surface area contributed by atoms with Crippen molar-refractivity contribution in [3.63, 3.8) is 0 Å². The van der Waals surface area contributed by atoms with Crippen LogP contribution >= 0.6 is 0 Å². The summed E-state index contributed by atoms with van der Waals surface area (Å²) in [4.78, 5) is 13.5. The summed E-state index contributed by atoms with van der Waals surface area (Å²) in [6, 6.07) is 3.44. The first kappa shape index (κ1) is 13.1. The molecule has 18 heavy (non-hydrogen) atoms. The van der Waals surface area contributed by atoms with Crippen molar-refractivity contribution in [1.29, 1.82) is 0 Å². The molecule has 0 aromatic carbocycles. The second kappa shape index (κ2) is 5.14. The van der Waals surface area contributed by atoms with Gasteiger partial charge in [0.15, 0.2) is 9.84 Å². The molecule has 2 heterocycles. The second-order valence-electron chi connectivity index (χ2n) is 4.64. The molecular weight excluding hydrogens is 254 g/mol. The van der Waals surface area contributed by atoms with Crippen LogP contribution in [-0.4, -0.2) is 43.8 Å². The van der Waals surface area contributed by atoms with Crippen molar-refractivity contribution >= 4 is 15.7 Å². The molecule has 2 rings (SSSR count). The summed E-state index contributed by atoms with van der Waals surface area (Å²) in [5, 5.41) is 0. The predicted molar refractivity (Wildman–Crippen MR) is 66.9 cm³/mol. The molecule has 1 aliphatic rings. The van der Waals surface area contributed by atoms with Crippen molar-refractivity contribution < 1.29 is 17.6 Å². The lowest BCUT2D eigenvalue weighted by molar-refractivity contribution is -0.131. The highest BCUT2D eigenvalue weighted by Gasteiger charge is 2.32. The fourth-order valence-corrected chi connectivity index (χ4v) is 3.92. The number of nitrogens with zero attached hydrogens (tertiary/aromatic N) is 1. The highest BCUT2D eigenvalue weighted by molar-refractivity contribution is 7.91. The molecule has 0 bridgehead atoms. The molecule has 1 saturated heterocycles. The lowest BCUT2D eigenvalue weighted by Gasteiger charge is -2.23. The molecule has 6 heteroatoms. The molecule has 1 fully saturated rings. The summed E-state index contributed by atoms with van der Waals surface area (Å²) in [7, 11) is -1.27. The smallest absolute Gasteiger partial charge is 0.223 e. The lowest BCUT2D eigenvalue weighted by atomic mass is 10.2. The zero-order chi connectivity index (χ0) is 13.2. The summed E-state index contributed by atoms with van der Waals surface area (Å²) < 4.78 is 27.9. The number of hydrogen-bond acceptors (Lipinski definition) is 4. The Hall–Kier alpha value is -1.30. The summed E-state index contributed by atoms with van der Waals surface area (Å²) in [6.45, 7) is 0. The van der Waals surface area contributed by atoms with Gasteiger partial charge in [-0.15, -0.1) is 0 Å². The molecule has 0 spiro atoms. The number of aryl methyl sites for hydroxylation is 1. The summed E-state index contributed by atoms with van der Waals surface area (Å²) in [5.41, 5.74) is 0. The Labute approximate surface area is 107 Å². The molecule has 1 atom stereocenters. The fourth-order valence-electron chi connectivity index (χ4n) is 2.15. The SMILES string of the molecule is CN(C(=O)CCc1ccco1)C1CCS(=O)(=O)C1. The Balaban J connectivity index is 1.85. The largest absolute Gasteiger partial charge is 0.469 e. The minimum absolute atomic E-state index is 0.0338. The van der Waals surface area contributed by atoms with Gasteiger partial charge in [0.1, 0.15) is 5.76 Å². The molecule has 5 nitrogen and oxygen atoms in total. The highest BCUT2D eigenvalue weighted by atomic mass is 32.2. The standard InChI is InChI=1S/C12H17NO4S/c1-13(10-6-8-18(15,16)9-10)12(14)5-4-11-3-2-7-17-11/h2-3,7,10H,4-6,8-9H2,1H3. The zero-order valence-corrected chi connectivity index (χ0v) is 11.1. The zero-order valence-electron chi connectivity index (χ0n) is 10.3. The van der Waals surface area contributed by atoms with Crippen LogP contribution in [-0.2, 0) is 21.1 Å². The number of hydrogen-bond donors (Lipinski definition) is 0. The van der Waals surface area contributed by atoms with Crippen molar-refractivity contribution in [2.45, 2.75) is 25.3 Å². The van der Waals surface area contributed by atoms with Crippen molar-refractivity contribution in [3.05, 3.63) is 24.2 Å². The van der Waals surface area contributed by atoms with E-state index in [2.05, 4.69) is 0 Å². The van der Waals surface area contributed by atoms with Crippen LogP contribution in [0.4, 0.5) is 0 Å². The Morgan fingerprint density at radius 1 is 1.56 bits per heavy atom. The van der Waals surface area contributed by atoms with Crippen LogP contribution in [0.15, 0.2) is 22.8 Å². The predicted octanol–water partition coefficient (Wildman–Crippen LogP) is 0.858. The van der Waals surface area contributed by atoms with Crippen molar-refractivity contribution in [1.82, 2.24) is 4.90 Å².